The molecule has 1 aliphatic rings. The Bertz CT molecular complexity index is 921. The number of sulfonamides is 1. The van der Waals surface area contributed by atoms with E-state index in [1.807, 2.05) is 6.07 Å². The number of aromatic nitrogens is 1. The van der Waals surface area contributed by atoms with E-state index in [0.717, 1.165) is 9.87 Å². The van der Waals surface area contributed by atoms with Crippen LogP contribution in [0, 0.1) is 19.3 Å². The van der Waals surface area contributed by atoms with Crippen LogP contribution in [0.4, 0.5) is 0 Å². The van der Waals surface area contributed by atoms with E-state index in [2.05, 4.69) is 5.16 Å². The van der Waals surface area contributed by atoms with Gasteiger partial charge in [-0.25, -0.2) is 8.42 Å². The standard InChI is InChI=1S/C18H22N2O6S/c1-12-16(13(2)26-19-12)27(24,25)20-9-8-15(21)18(11-20,17(22)23)10-14-6-4-3-5-7-14/h3-7,15,21H,8-11H2,1-2H3,(H,22,23)/t15-,18-/m1/s1. The number of hydrogen-bond donors (Lipinski definition) is 2. The van der Waals surface area contributed by atoms with Gasteiger partial charge in [-0.3, -0.25) is 4.79 Å². The number of nitrogens with zero attached hydrogens (tertiary/aromatic N) is 2. The summed E-state index contributed by atoms with van der Waals surface area (Å²) in [5, 5.41) is 24.2. The Labute approximate surface area is 157 Å². The molecular weight excluding hydrogens is 372 g/mol. The molecular formula is C18H22N2O6S. The van der Waals surface area contributed by atoms with Crippen LogP contribution < -0.4 is 0 Å². The fraction of sp³-hybridized carbons (Fsp3) is 0.444. The van der Waals surface area contributed by atoms with Gasteiger partial charge >= 0.3 is 5.97 Å². The minimum absolute atomic E-state index is 0.0252. The van der Waals surface area contributed by atoms with Gasteiger partial charge in [0.05, 0.1) is 6.10 Å². The van der Waals surface area contributed by atoms with E-state index in [1.165, 1.54) is 13.8 Å². The fourth-order valence-corrected chi connectivity index (χ4v) is 5.45. The van der Waals surface area contributed by atoms with Crippen LogP contribution >= 0.6 is 0 Å². The van der Waals surface area contributed by atoms with Crippen LogP contribution in [-0.4, -0.2) is 53.3 Å². The minimum Gasteiger partial charge on any atom is -0.481 e. The van der Waals surface area contributed by atoms with Crippen molar-refractivity contribution in [2.24, 2.45) is 5.41 Å². The predicted molar refractivity (Wildman–Crippen MR) is 95.6 cm³/mol. The van der Waals surface area contributed by atoms with Crippen molar-refractivity contribution >= 4 is 16.0 Å². The Hall–Kier alpha value is -2.23. The van der Waals surface area contributed by atoms with Crippen LogP contribution in [0.5, 0.6) is 0 Å². The van der Waals surface area contributed by atoms with Crippen LogP contribution in [-0.2, 0) is 21.2 Å². The Morgan fingerprint density at radius 1 is 1.33 bits per heavy atom. The third-order valence-electron chi connectivity index (χ3n) is 5.10. The molecule has 1 aromatic carbocycles. The summed E-state index contributed by atoms with van der Waals surface area (Å²) in [7, 11) is -4.00. The van der Waals surface area contributed by atoms with Gasteiger partial charge in [0.1, 0.15) is 16.0 Å². The van der Waals surface area contributed by atoms with Crippen LogP contribution in [0.3, 0.4) is 0 Å². The van der Waals surface area contributed by atoms with E-state index < -0.39 is 27.5 Å². The Kier molecular flexibility index (Phi) is 5.11. The molecule has 2 aromatic rings. The number of aliphatic hydroxyl groups is 1. The number of aliphatic hydroxyl groups excluding tert-OH is 1. The lowest BCUT2D eigenvalue weighted by molar-refractivity contribution is -0.160. The third kappa shape index (κ3) is 3.38. The van der Waals surface area contributed by atoms with Gasteiger partial charge in [-0.1, -0.05) is 35.5 Å². The van der Waals surface area contributed by atoms with E-state index in [1.54, 1.807) is 24.3 Å². The van der Waals surface area contributed by atoms with Crippen molar-refractivity contribution in [2.75, 3.05) is 13.1 Å². The SMILES string of the molecule is Cc1noc(C)c1S(=O)(=O)N1CC[C@@H](O)[C@](Cc2ccccc2)(C(=O)O)C1. The molecule has 1 fully saturated rings. The number of rotatable bonds is 5. The van der Waals surface area contributed by atoms with Crippen molar-refractivity contribution in [3.8, 4) is 0 Å². The third-order valence-corrected chi connectivity index (χ3v) is 7.19. The Morgan fingerprint density at radius 2 is 2.00 bits per heavy atom. The number of aryl methyl sites for hydroxylation is 2. The first kappa shape index (κ1) is 19.5. The van der Waals surface area contributed by atoms with Gasteiger partial charge in [0.25, 0.3) is 0 Å². The molecule has 2 N–H and O–H groups in total. The molecule has 1 saturated heterocycles. The van der Waals surface area contributed by atoms with Crippen LogP contribution in [0.15, 0.2) is 39.8 Å². The summed E-state index contributed by atoms with van der Waals surface area (Å²) in [5.41, 5.74) is -0.691. The maximum Gasteiger partial charge on any atom is 0.313 e. The summed E-state index contributed by atoms with van der Waals surface area (Å²) in [6, 6.07) is 8.89. The molecule has 0 spiro atoms. The summed E-state index contributed by atoms with van der Waals surface area (Å²) in [6.45, 7) is 2.72. The molecule has 0 radical (unpaired) electrons. The molecule has 2 atom stereocenters. The first-order valence-corrected chi connectivity index (χ1v) is 10.0. The van der Waals surface area contributed by atoms with Gasteiger partial charge in [-0.15, -0.1) is 0 Å². The minimum atomic E-state index is -4.00. The molecule has 1 aliphatic heterocycles. The summed E-state index contributed by atoms with van der Waals surface area (Å²) < 4.78 is 32.3. The lowest BCUT2D eigenvalue weighted by Gasteiger charge is -2.42. The second kappa shape index (κ2) is 7.06. The number of carboxylic acids is 1. The molecule has 0 saturated carbocycles. The van der Waals surface area contributed by atoms with Crippen LogP contribution in [0.25, 0.3) is 0 Å². The van der Waals surface area contributed by atoms with Crippen molar-refractivity contribution in [3.05, 3.63) is 47.3 Å². The molecule has 3 rings (SSSR count). The van der Waals surface area contributed by atoms with E-state index in [9.17, 15) is 23.4 Å². The highest BCUT2D eigenvalue weighted by atomic mass is 32.2. The molecule has 0 aliphatic carbocycles. The maximum absolute atomic E-state index is 13.1. The number of aliphatic carboxylic acids is 1. The molecule has 1 aromatic heterocycles. The quantitative estimate of drug-likeness (QED) is 0.785. The van der Waals surface area contributed by atoms with Gasteiger partial charge in [-0.2, -0.15) is 4.31 Å². The highest BCUT2D eigenvalue weighted by Crippen LogP contribution is 2.37. The normalized spacial score (nSPS) is 24.0. The molecule has 8 nitrogen and oxygen atoms in total. The summed E-state index contributed by atoms with van der Waals surface area (Å²) in [6.07, 6.45) is -1.11. The van der Waals surface area contributed by atoms with Gasteiger partial charge in [-0.05, 0) is 32.3 Å². The smallest absolute Gasteiger partial charge is 0.313 e. The van der Waals surface area contributed by atoms with Gasteiger partial charge in [0.2, 0.25) is 10.0 Å². The topological polar surface area (TPSA) is 121 Å². The Balaban J connectivity index is 2.00. The average Bonchev–Trinajstić information content (AvgIpc) is 2.96. The second-order valence-electron chi connectivity index (χ2n) is 6.92. The first-order chi connectivity index (χ1) is 12.7. The summed E-state index contributed by atoms with van der Waals surface area (Å²) in [5.74, 6) is -1.07. The number of hydrogen-bond acceptors (Lipinski definition) is 6. The highest BCUT2D eigenvalue weighted by molar-refractivity contribution is 7.89. The van der Waals surface area contributed by atoms with Crippen molar-refractivity contribution in [2.45, 2.75) is 37.7 Å². The predicted octanol–water partition coefficient (Wildman–Crippen LogP) is 1.36. The first-order valence-electron chi connectivity index (χ1n) is 8.57. The molecule has 2 heterocycles. The number of carboxylic acid groups (broad SMARTS) is 1. The molecule has 0 amide bonds. The average molecular weight is 394 g/mol. The van der Waals surface area contributed by atoms with E-state index >= 15 is 0 Å². The summed E-state index contributed by atoms with van der Waals surface area (Å²) in [4.78, 5) is 12.1. The van der Waals surface area contributed by atoms with Crippen molar-refractivity contribution in [1.82, 2.24) is 9.46 Å². The second-order valence-corrected chi connectivity index (χ2v) is 8.79. The lowest BCUT2D eigenvalue weighted by atomic mass is 9.73. The van der Waals surface area contributed by atoms with E-state index in [-0.39, 0.29) is 42.3 Å². The van der Waals surface area contributed by atoms with Crippen molar-refractivity contribution in [3.63, 3.8) is 0 Å². The van der Waals surface area contributed by atoms with E-state index in [4.69, 9.17) is 4.52 Å². The number of carbonyl (C=O) groups is 1. The van der Waals surface area contributed by atoms with Crippen LogP contribution in [0.1, 0.15) is 23.4 Å². The van der Waals surface area contributed by atoms with Crippen molar-refractivity contribution in [1.29, 1.82) is 0 Å². The zero-order valence-corrected chi connectivity index (χ0v) is 15.9. The molecule has 0 bridgehead atoms. The number of benzene rings is 1. The van der Waals surface area contributed by atoms with E-state index in [0.29, 0.717) is 0 Å². The molecule has 146 valence electrons. The lowest BCUT2D eigenvalue weighted by Crippen LogP contribution is -2.58. The zero-order chi connectivity index (χ0) is 19.8. The van der Waals surface area contributed by atoms with Crippen molar-refractivity contribution < 1.29 is 27.9 Å². The van der Waals surface area contributed by atoms with Gasteiger partial charge in [0, 0.05) is 13.1 Å². The van der Waals surface area contributed by atoms with Gasteiger partial charge in [0.15, 0.2) is 5.76 Å². The molecule has 0 unspecified atom stereocenters. The monoisotopic (exact) mass is 394 g/mol. The maximum atomic E-state index is 13.1. The number of piperidine rings is 1. The van der Waals surface area contributed by atoms with Crippen LogP contribution in [0.2, 0.25) is 0 Å². The molecule has 9 heteroatoms. The largest absolute Gasteiger partial charge is 0.481 e. The van der Waals surface area contributed by atoms with Gasteiger partial charge < -0.3 is 14.7 Å². The zero-order valence-electron chi connectivity index (χ0n) is 15.1. The fourth-order valence-electron chi connectivity index (χ4n) is 3.64. The summed E-state index contributed by atoms with van der Waals surface area (Å²) >= 11 is 0. The highest BCUT2D eigenvalue weighted by Gasteiger charge is 2.52. The molecule has 27 heavy (non-hydrogen) atoms. The Morgan fingerprint density at radius 3 is 2.56 bits per heavy atom.